The summed E-state index contributed by atoms with van der Waals surface area (Å²) in [5, 5.41) is 25.7. The number of non-ortho nitro benzene ring substituents is 1. The average molecular weight is 276 g/mol. The lowest BCUT2D eigenvalue weighted by molar-refractivity contribution is -0.386. The Bertz CT molecular complexity index is 693. The van der Waals surface area contributed by atoms with Gasteiger partial charge in [0.25, 0.3) is 5.69 Å². The first kappa shape index (κ1) is 13.7. The Balaban J connectivity index is 2.36. The van der Waals surface area contributed by atoms with Gasteiger partial charge in [-0.2, -0.15) is 5.10 Å². The molecule has 1 aromatic heterocycles. The number of rotatable bonds is 4. The monoisotopic (exact) mass is 276 g/mol. The highest BCUT2D eigenvalue weighted by Crippen LogP contribution is 2.23. The van der Waals surface area contributed by atoms with Crippen LogP contribution in [0.5, 0.6) is 0 Å². The standard InChI is InChI=1S/C12H12N4O4/c1-8-12(16(19)20)9(2)14(13-8)7-10-4-3-5-11(6-10)15(17)18/h3-6H,7H2,1-2H3. The first-order valence-electron chi connectivity index (χ1n) is 5.82. The molecule has 0 saturated carbocycles. The Labute approximate surface area is 113 Å². The van der Waals surface area contributed by atoms with Crippen LogP contribution in [-0.2, 0) is 6.54 Å². The molecule has 0 radical (unpaired) electrons. The van der Waals surface area contributed by atoms with E-state index in [-0.39, 0.29) is 17.9 Å². The van der Waals surface area contributed by atoms with Crippen molar-refractivity contribution in [3.05, 3.63) is 61.4 Å². The molecule has 104 valence electrons. The van der Waals surface area contributed by atoms with E-state index < -0.39 is 9.85 Å². The number of benzene rings is 1. The molecule has 2 aromatic rings. The van der Waals surface area contributed by atoms with E-state index in [0.717, 1.165) is 0 Å². The van der Waals surface area contributed by atoms with E-state index in [4.69, 9.17) is 0 Å². The van der Waals surface area contributed by atoms with E-state index >= 15 is 0 Å². The molecule has 0 aliphatic rings. The van der Waals surface area contributed by atoms with Crippen LogP contribution in [0.2, 0.25) is 0 Å². The van der Waals surface area contributed by atoms with Crippen LogP contribution in [0.3, 0.4) is 0 Å². The number of hydrogen-bond donors (Lipinski definition) is 0. The predicted octanol–water partition coefficient (Wildman–Crippen LogP) is 2.36. The van der Waals surface area contributed by atoms with Gasteiger partial charge in [-0.05, 0) is 19.4 Å². The lowest BCUT2D eigenvalue weighted by Gasteiger charge is -2.03. The van der Waals surface area contributed by atoms with Crippen LogP contribution < -0.4 is 0 Å². The van der Waals surface area contributed by atoms with Gasteiger partial charge in [0.1, 0.15) is 11.4 Å². The average Bonchev–Trinajstić information content (AvgIpc) is 2.64. The Morgan fingerprint density at radius 3 is 2.45 bits per heavy atom. The smallest absolute Gasteiger partial charge is 0.258 e. The topological polar surface area (TPSA) is 104 Å². The normalized spacial score (nSPS) is 10.5. The number of nitro groups is 2. The predicted molar refractivity (Wildman–Crippen MR) is 70.6 cm³/mol. The second-order valence-corrected chi connectivity index (χ2v) is 4.36. The van der Waals surface area contributed by atoms with Crippen molar-refractivity contribution in [3.8, 4) is 0 Å². The van der Waals surface area contributed by atoms with Gasteiger partial charge in [-0.25, -0.2) is 0 Å². The van der Waals surface area contributed by atoms with Crippen LogP contribution in [0.1, 0.15) is 17.0 Å². The summed E-state index contributed by atoms with van der Waals surface area (Å²) < 4.78 is 1.48. The molecule has 0 aliphatic carbocycles. The molecule has 0 atom stereocenters. The summed E-state index contributed by atoms with van der Waals surface area (Å²) in [5.41, 5.74) is 1.39. The number of aryl methyl sites for hydroxylation is 1. The summed E-state index contributed by atoms with van der Waals surface area (Å²) in [7, 11) is 0. The molecule has 8 heteroatoms. The van der Waals surface area contributed by atoms with E-state index in [1.807, 2.05) is 0 Å². The second-order valence-electron chi connectivity index (χ2n) is 4.36. The first-order valence-corrected chi connectivity index (χ1v) is 5.82. The van der Waals surface area contributed by atoms with E-state index in [1.54, 1.807) is 26.0 Å². The van der Waals surface area contributed by atoms with Crippen LogP contribution in [0.15, 0.2) is 24.3 Å². The maximum Gasteiger partial charge on any atom is 0.312 e. The third kappa shape index (κ3) is 2.48. The molecule has 8 nitrogen and oxygen atoms in total. The van der Waals surface area contributed by atoms with E-state index in [0.29, 0.717) is 17.0 Å². The third-order valence-corrected chi connectivity index (χ3v) is 2.98. The molecular weight excluding hydrogens is 264 g/mol. The molecule has 0 saturated heterocycles. The van der Waals surface area contributed by atoms with E-state index in [2.05, 4.69) is 5.10 Å². The highest BCUT2D eigenvalue weighted by molar-refractivity contribution is 5.40. The zero-order valence-corrected chi connectivity index (χ0v) is 10.9. The highest BCUT2D eigenvalue weighted by atomic mass is 16.6. The fourth-order valence-corrected chi connectivity index (χ4v) is 2.05. The van der Waals surface area contributed by atoms with Crippen LogP contribution >= 0.6 is 0 Å². The molecule has 0 fully saturated rings. The lowest BCUT2D eigenvalue weighted by atomic mass is 10.2. The minimum Gasteiger partial charge on any atom is -0.258 e. The van der Waals surface area contributed by atoms with Crippen LogP contribution in [-0.4, -0.2) is 19.6 Å². The van der Waals surface area contributed by atoms with Gasteiger partial charge in [-0.3, -0.25) is 24.9 Å². The van der Waals surface area contributed by atoms with Crippen LogP contribution in [0.25, 0.3) is 0 Å². The minimum absolute atomic E-state index is 0.0152. The second kappa shape index (κ2) is 5.08. The zero-order chi connectivity index (χ0) is 14.9. The van der Waals surface area contributed by atoms with Gasteiger partial charge in [0, 0.05) is 12.1 Å². The Morgan fingerprint density at radius 2 is 1.90 bits per heavy atom. The van der Waals surface area contributed by atoms with Gasteiger partial charge in [-0.1, -0.05) is 12.1 Å². The molecule has 0 unspecified atom stereocenters. The van der Waals surface area contributed by atoms with E-state index in [1.165, 1.54) is 16.8 Å². The maximum atomic E-state index is 10.9. The van der Waals surface area contributed by atoms with Crippen molar-refractivity contribution in [3.63, 3.8) is 0 Å². The molecule has 0 spiro atoms. The van der Waals surface area contributed by atoms with Gasteiger partial charge < -0.3 is 0 Å². The molecule has 1 heterocycles. The van der Waals surface area contributed by atoms with Gasteiger partial charge in [-0.15, -0.1) is 0 Å². The van der Waals surface area contributed by atoms with Crippen molar-refractivity contribution >= 4 is 11.4 Å². The molecule has 20 heavy (non-hydrogen) atoms. The van der Waals surface area contributed by atoms with Gasteiger partial charge in [0.05, 0.1) is 16.4 Å². The summed E-state index contributed by atoms with van der Waals surface area (Å²) in [6.45, 7) is 3.42. The molecule has 0 bridgehead atoms. The van der Waals surface area contributed by atoms with Gasteiger partial charge >= 0.3 is 5.69 Å². The molecular formula is C12H12N4O4. The van der Waals surface area contributed by atoms with Crippen molar-refractivity contribution in [2.75, 3.05) is 0 Å². The number of hydrogen-bond acceptors (Lipinski definition) is 5. The third-order valence-electron chi connectivity index (χ3n) is 2.98. The molecule has 0 N–H and O–H groups in total. The number of nitrogens with zero attached hydrogens (tertiary/aromatic N) is 4. The SMILES string of the molecule is Cc1nn(Cc2cccc([N+](=O)[O-])c2)c(C)c1[N+](=O)[O-]. The summed E-state index contributed by atoms with van der Waals surface area (Å²) in [4.78, 5) is 20.7. The van der Waals surface area contributed by atoms with Crippen molar-refractivity contribution in [1.82, 2.24) is 9.78 Å². The fraction of sp³-hybridized carbons (Fsp3) is 0.250. The molecule has 0 amide bonds. The summed E-state index contributed by atoms with van der Waals surface area (Å²) in [5.74, 6) is 0. The first-order chi connectivity index (χ1) is 9.40. The molecule has 2 rings (SSSR count). The quantitative estimate of drug-likeness (QED) is 0.629. The Hall–Kier alpha value is -2.77. The largest absolute Gasteiger partial charge is 0.312 e. The fourth-order valence-electron chi connectivity index (χ4n) is 2.05. The zero-order valence-electron chi connectivity index (χ0n) is 10.9. The minimum atomic E-state index is -0.479. The Morgan fingerprint density at radius 1 is 1.20 bits per heavy atom. The van der Waals surface area contributed by atoms with Crippen molar-refractivity contribution in [2.24, 2.45) is 0 Å². The molecule has 1 aromatic carbocycles. The van der Waals surface area contributed by atoms with Crippen molar-refractivity contribution < 1.29 is 9.85 Å². The van der Waals surface area contributed by atoms with Gasteiger partial charge in [0.2, 0.25) is 0 Å². The van der Waals surface area contributed by atoms with Crippen molar-refractivity contribution in [1.29, 1.82) is 0 Å². The van der Waals surface area contributed by atoms with E-state index in [9.17, 15) is 20.2 Å². The maximum absolute atomic E-state index is 10.9. The summed E-state index contributed by atoms with van der Waals surface area (Å²) in [6.07, 6.45) is 0. The summed E-state index contributed by atoms with van der Waals surface area (Å²) in [6, 6.07) is 6.12. The summed E-state index contributed by atoms with van der Waals surface area (Å²) >= 11 is 0. The van der Waals surface area contributed by atoms with Crippen LogP contribution in [0, 0.1) is 34.1 Å². The number of aromatic nitrogens is 2. The lowest BCUT2D eigenvalue weighted by Crippen LogP contribution is -2.04. The molecule has 0 aliphatic heterocycles. The van der Waals surface area contributed by atoms with Gasteiger partial charge in [0.15, 0.2) is 0 Å². The highest BCUT2D eigenvalue weighted by Gasteiger charge is 2.21. The Kier molecular flexibility index (Phi) is 3.47. The number of nitro benzene ring substituents is 1. The van der Waals surface area contributed by atoms with Crippen LogP contribution in [0.4, 0.5) is 11.4 Å². The van der Waals surface area contributed by atoms with Crippen molar-refractivity contribution in [2.45, 2.75) is 20.4 Å².